The summed E-state index contributed by atoms with van der Waals surface area (Å²) in [6, 6.07) is 7.48. The van der Waals surface area contributed by atoms with Crippen molar-refractivity contribution in [3.63, 3.8) is 0 Å². The maximum absolute atomic E-state index is 9.96. The molecule has 1 fully saturated rings. The molecule has 1 atom stereocenters. The molecule has 5 heteroatoms. The second kappa shape index (κ2) is 5.63. The average molecular weight is 274 g/mol. The van der Waals surface area contributed by atoms with Crippen LogP contribution in [-0.4, -0.2) is 15.2 Å². The minimum Gasteiger partial charge on any atom is -0.483 e. The summed E-state index contributed by atoms with van der Waals surface area (Å²) in [5.74, 6) is 2.40. The van der Waals surface area contributed by atoms with Gasteiger partial charge in [-0.1, -0.05) is 30.3 Å². The monoisotopic (exact) mass is 274 g/mol. The third kappa shape index (κ3) is 2.82. The van der Waals surface area contributed by atoms with Crippen LogP contribution >= 0.6 is 0 Å². The van der Waals surface area contributed by atoms with Crippen molar-refractivity contribution in [2.75, 3.05) is 0 Å². The molecule has 5 nitrogen and oxygen atoms in total. The molecule has 0 bridgehead atoms. The van der Waals surface area contributed by atoms with Gasteiger partial charge in [0.1, 0.15) is 5.75 Å². The van der Waals surface area contributed by atoms with Gasteiger partial charge in [0.05, 0.1) is 6.10 Å². The molecular weight excluding hydrogens is 256 g/mol. The van der Waals surface area contributed by atoms with Crippen LogP contribution in [0.5, 0.6) is 5.75 Å². The number of rotatable bonds is 6. The third-order valence-corrected chi connectivity index (χ3v) is 3.44. The molecule has 3 rings (SSSR count). The SMILES string of the molecule is CCC(O)c1ccccc1OCc1nc(C2CC2)no1. The van der Waals surface area contributed by atoms with Crippen LogP contribution in [0.1, 0.15) is 55.5 Å². The minimum absolute atomic E-state index is 0.229. The van der Waals surface area contributed by atoms with Gasteiger partial charge in [-0.05, 0) is 25.3 Å². The number of hydrogen-bond acceptors (Lipinski definition) is 5. The fourth-order valence-corrected chi connectivity index (χ4v) is 2.08. The first-order chi connectivity index (χ1) is 9.78. The molecule has 1 aliphatic carbocycles. The highest BCUT2D eigenvalue weighted by Crippen LogP contribution is 2.38. The predicted molar refractivity (Wildman–Crippen MR) is 72.3 cm³/mol. The number of aliphatic hydroxyl groups excluding tert-OH is 1. The summed E-state index contributed by atoms with van der Waals surface area (Å²) in [5, 5.41) is 13.9. The van der Waals surface area contributed by atoms with E-state index in [-0.39, 0.29) is 6.61 Å². The van der Waals surface area contributed by atoms with Crippen LogP contribution in [0.2, 0.25) is 0 Å². The smallest absolute Gasteiger partial charge is 0.264 e. The Balaban J connectivity index is 1.67. The van der Waals surface area contributed by atoms with Gasteiger partial charge in [0, 0.05) is 11.5 Å². The molecule has 2 aromatic rings. The van der Waals surface area contributed by atoms with Crippen molar-refractivity contribution in [1.29, 1.82) is 0 Å². The van der Waals surface area contributed by atoms with Crippen LogP contribution in [0.15, 0.2) is 28.8 Å². The average Bonchev–Trinajstić information content (AvgIpc) is 3.24. The lowest BCUT2D eigenvalue weighted by Crippen LogP contribution is -2.02. The normalized spacial score (nSPS) is 16.1. The highest BCUT2D eigenvalue weighted by Gasteiger charge is 2.28. The van der Waals surface area contributed by atoms with E-state index >= 15 is 0 Å². The van der Waals surface area contributed by atoms with Crippen LogP contribution in [-0.2, 0) is 6.61 Å². The molecule has 1 N–H and O–H groups in total. The van der Waals surface area contributed by atoms with E-state index in [0.717, 1.165) is 24.2 Å². The summed E-state index contributed by atoms with van der Waals surface area (Å²) >= 11 is 0. The Hall–Kier alpha value is -1.88. The quantitative estimate of drug-likeness (QED) is 0.877. The zero-order valence-corrected chi connectivity index (χ0v) is 11.5. The van der Waals surface area contributed by atoms with Crippen LogP contribution < -0.4 is 4.74 Å². The van der Waals surface area contributed by atoms with E-state index in [1.165, 1.54) is 0 Å². The van der Waals surface area contributed by atoms with E-state index in [4.69, 9.17) is 9.26 Å². The Morgan fingerprint density at radius 3 is 2.95 bits per heavy atom. The summed E-state index contributed by atoms with van der Waals surface area (Å²) in [7, 11) is 0. The second-order valence-corrected chi connectivity index (χ2v) is 5.07. The zero-order valence-electron chi connectivity index (χ0n) is 11.5. The van der Waals surface area contributed by atoms with Crippen LogP contribution in [0.3, 0.4) is 0 Å². The zero-order chi connectivity index (χ0) is 13.9. The lowest BCUT2D eigenvalue weighted by molar-refractivity contribution is 0.163. The Morgan fingerprint density at radius 2 is 2.20 bits per heavy atom. The van der Waals surface area contributed by atoms with E-state index in [9.17, 15) is 5.11 Å². The molecule has 1 unspecified atom stereocenters. The number of ether oxygens (including phenoxy) is 1. The van der Waals surface area contributed by atoms with Crippen molar-refractivity contribution in [2.45, 2.75) is 44.8 Å². The van der Waals surface area contributed by atoms with E-state index < -0.39 is 6.10 Å². The predicted octanol–water partition coefficient (Wildman–Crippen LogP) is 2.97. The summed E-state index contributed by atoms with van der Waals surface area (Å²) in [4.78, 5) is 4.32. The number of nitrogens with zero attached hydrogens (tertiary/aromatic N) is 2. The van der Waals surface area contributed by atoms with Crippen LogP contribution in [0, 0.1) is 0 Å². The van der Waals surface area contributed by atoms with E-state index in [2.05, 4.69) is 10.1 Å². The molecule has 1 aromatic carbocycles. The van der Waals surface area contributed by atoms with Crippen molar-refractivity contribution >= 4 is 0 Å². The Morgan fingerprint density at radius 1 is 1.40 bits per heavy atom. The largest absolute Gasteiger partial charge is 0.483 e. The molecule has 20 heavy (non-hydrogen) atoms. The lowest BCUT2D eigenvalue weighted by atomic mass is 10.1. The molecule has 1 aromatic heterocycles. The first kappa shape index (κ1) is 13.1. The van der Waals surface area contributed by atoms with Gasteiger partial charge in [-0.2, -0.15) is 4.98 Å². The molecule has 0 radical (unpaired) electrons. The summed E-state index contributed by atoms with van der Waals surface area (Å²) in [6.07, 6.45) is 2.42. The Labute approximate surface area is 117 Å². The molecule has 1 saturated carbocycles. The Bertz CT molecular complexity index is 578. The topological polar surface area (TPSA) is 68.4 Å². The minimum atomic E-state index is -0.518. The van der Waals surface area contributed by atoms with Gasteiger partial charge < -0.3 is 14.4 Å². The summed E-state index contributed by atoms with van der Waals surface area (Å²) < 4.78 is 10.9. The maximum Gasteiger partial charge on any atom is 0.264 e. The molecule has 0 saturated heterocycles. The van der Waals surface area contributed by atoms with E-state index in [1.807, 2.05) is 31.2 Å². The molecule has 1 heterocycles. The fourth-order valence-electron chi connectivity index (χ4n) is 2.08. The molecule has 106 valence electrons. The molecule has 1 aliphatic rings. The van der Waals surface area contributed by atoms with E-state index in [0.29, 0.717) is 24.0 Å². The highest BCUT2D eigenvalue weighted by molar-refractivity contribution is 5.35. The standard InChI is InChI=1S/C15H18N2O3/c1-2-12(18)11-5-3-4-6-13(11)19-9-14-16-15(17-20-14)10-7-8-10/h3-6,10,12,18H,2,7-9H2,1H3. The van der Waals surface area contributed by atoms with Gasteiger partial charge in [0.15, 0.2) is 12.4 Å². The van der Waals surface area contributed by atoms with Gasteiger partial charge >= 0.3 is 0 Å². The number of hydrogen-bond donors (Lipinski definition) is 1. The molecule has 0 aliphatic heterocycles. The van der Waals surface area contributed by atoms with Crippen molar-refractivity contribution in [3.8, 4) is 5.75 Å². The molecule has 0 spiro atoms. The Kier molecular flexibility index (Phi) is 3.69. The summed E-state index contributed by atoms with van der Waals surface area (Å²) in [6.45, 7) is 2.16. The van der Waals surface area contributed by atoms with Crippen LogP contribution in [0.4, 0.5) is 0 Å². The lowest BCUT2D eigenvalue weighted by Gasteiger charge is -2.13. The number of aromatic nitrogens is 2. The highest BCUT2D eigenvalue weighted by atomic mass is 16.5. The van der Waals surface area contributed by atoms with Crippen molar-refractivity contribution < 1.29 is 14.4 Å². The van der Waals surface area contributed by atoms with Gasteiger partial charge in [0.25, 0.3) is 5.89 Å². The summed E-state index contributed by atoms with van der Waals surface area (Å²) in [5.41, 5.74) is 0.789. The maximum atomic E-state index is 9.96. The van der Waals surface area contributed by atoms with Crippen molar-refractivity contribution in [3.05, 3.63) is 41.5 Å². The van der Waals surface area contributed by atoms with Gasteiger partial charge in [-0.15, -0.1) is 0 Å². The van der Waals surface area contributed by atoms with Crippen molar-refractivity contribution in [1.82, 2.24) is 10.1 Å². The van der Waals surface area contributed by atoms with Gasteiger partial charge in [-0.3, -0.25) is 0 Å². The molecule has 0 amide bonds. The van der Waals surface area contributed by atoms with Gasteiger partial charge in [0.2, 0.25) is 0 Å². The first-order valence-corrected chi connectivity index (χ1v) is 7.00. The number of aliphatic hydroxyl groups is 1. The first-order valence-electron chi connectivity index (χ1n) is 7.00. The van der Waals surface area contributed by atoms with E-state index in [1.54, 1.807) is 0 Å². The van der Waals surface area contributed by atoms with Gasteiger partial charge in [-0.25, -0.2) is 0 Å². The number of benzene rings is 1. The second-order valence-electron chi connectivity index (χ2n) is 5.07. The fraction of sp³-hybridized carbons (Fsp3) is 0.467. The van der Waals surface area contributed by atoms with Crippen LogP contribution in [0.25, 0.3) is 0 Å². The third-order valence-electron chi connectivity index (χ3n) is 3.44. The van der Waals surface area contributed by atoms with Crippen molar-refractivity contribution in [2.24, 2.45) is 0 Å². The molecular formula is C15H18N2O3. The number of para-hydroxylation sites is 1.